The van der Waals surface area contributed by atoms with Gasteiger partial charge in [-0.25, -0.2) is 0 Å². The monoisotopic (exact) mass is 289 g/mol. The lowest BCUT2D eigenvalue weighted by atomic mass is 10.1. The Morgan fingerprint density at radius 2 is 1.57 bits per heavy atom. The van der Waals surface area contributed by atoms with Crippen LogP contribution in [0.15, 0.2) is 24.3 Å². The molecule has 1 fully saturated rings. The third-order valence-electron chi connectivity index (χ3n) is 3.16. The Labute approximate surface area is 125 Å². The second kappa shape index (κ2) is 6.26. The molecule has 5 heteroatoms. The van der Waals surface area contributed by atoms with Crippen LogP contribution in [0.3, 0.4) is 0 Å². The number of anilines is 2. The van der Waals surface area contributed by atoms with E-state index in [0.29, 0.717) is 0 Å². The minimum absolute atomic E-state index is 0.0836. The quantitative estimate of drug-likeness (QED) is 0.779. The molecule has 0 heterocycles. The van der Waals surface area contributed by atoms with Crippen molar-refractivity contribution in [2.24, 2.45) is 5.92 Å². The van der Waals surface area contributed by atoms with Gasteiger partial charge in [0.2, 0.25) is 11.8 Å². The van der Waals surface area contributed by atoms with E-state index in [1.165, 1.54) is 0 Å². The number of hydrogen-bond acceptors (Lipinski definition) is 3. The van der Waals surface area contributed by atoms with Gasteiger partial charge in [-0.3, -0.25) is 9.59 Å². The number of amides is 2. The molecule has 0 spiro atoms. The molecular formula is C16H23N3O2. The van der Waals surface area contributed by atoms with Crippen LogP contribution >= 0.6 is 0 Å². The highest BCUT2D eigenvalue weighted by molar-refractivity contribution is 5.95. The van der Waals surface area contributed by atoms with Gasteiger partial charge in [-0.1, -0.05) is 0 Å². The first-order chi connectivity index (χ1) is 9.83. The van der Waals surface area contributed by atoms with Crippen molar-refractivity contribution in [3.05, 3.63) is 24.3 Å². The lowest BCUT2D eigenvalue weighted by molar-refractivity contribution is -0.117. The summed E-state index contributed by atoms with van der Waals surface area (Å²) in [5.41, 5.74) is 1.40. The summed E-state index contributed by atoms with van der Waals surface area (Å²) >= 11 is 0. The molecule has 0 unspecified atom stereocenters. The number of hydrogen-bond donors (Lipinski definition) is 3. The van der Waals surface area contributed by atoms with Crippen LogP contribution in [-0.4, -0.2) is 23.9 Å². The molecule has 0 aromatic heterocycles. The van der Waals surface area contributed by atoms with Gasteiger partial charge < -0.3 is 16.0 Å². The Bertz CT molecular complexity index is 513. The Kier molecular flexibility index (Phi) is 4.63. The highest BCUT2D eigenvalue weighted by Crippen LogP contribution is 2.30. The Balaban J connectivity index is 1.81. The molecule has 1 aliphatic rings. The van der Waals surface area contributed by atoms with E-state index in [0.717, 1.165) is 24.2 Å². The van der Waals surface area contributed by atoms with Crippen molar-refractivity contribution in [2.45, 2.75) is 39.2 Å². The zero-order valence-electron chi connectivity index (χ0n) is 12.8. The van der Waals surface area contributed by atoms with Crippen LogP contribution in [0, 0.1) is 5.92 Å². The van der Waals surface area contributed by atoms with E-state index < -0.39 is 0 Å². The van der Waals surface area contributed by atoms with E-state index in [1.807, 2.05) is 20.8 Å². The van der Waals surface area contributed by atoms with E-state index in [2.05, 4.69) is 16.0 Å². The predicted octanol–water partition coefficient (Wildman–Crippen LogP) is 2.36. The highest BCUT2D eigenvalue weighted by atomic mass is 16.2. The minimum atomic E-state index is -0.0890. The molecule has 0 bridgehead atoms. The van der Waals surface area contributed by atoms with Crippen LogP contribution in [0.2, 0.25) is 0 Å². The first kappa shape index (κ1) is 15.5. The van der Waals surface area contributed by atoms with Gasteiger partial charge >= 0.3 is 0 Å². The highest BCUT2D eigenvalue weighted by Gasteiger charge is 2.29. The minimum Gasteiger partial charge on any atom is -0.326 e. The lowest BCUT2D eigenvalue weighted by Crippen LogP contribution is -2.41. The molecule has 3 N–H and O–H groups in total. The fourth-order valence-electron chi connectivity index (χ4n) is 1.78. The molecule has 0 radical (unpaired) electrons. The van der Waals surface area contributed by atoms with Gasteiger partial charge in [0.05, 0.1) is 6.54 Å². The summed E-state index contributed by atoms with van der Waals surface area (Å²) in [4.78, 5) is 23.4. The number of benzene rings is 1. The van der Waals surface area contributed by atoms with Crippen molar-refractivity contribution >= 4 is 23.2 Å². The van der Waals surface area contributed by atoms with Crippen molar-refractivity contribution in [1.29, 1.82) is 0 Å². The van der Waals surface area contributed by atoms with Crippen LogP contribution in [0.1, 0.15) is 33.6 Å². The summed E-state index contributed by atoms with van der Waals surface area (Å²) < 4.78 is 0. The zero-order valence-corrected chi connectivity index (χ0v) is 12.8. The average molecular weight is 289 g/mol. The summed E-state index contributed by atoms with van der Waals surface area (Å²) in [6.07, 6.45) is 1.97. The van der Waals surface area contributed by atoms with Crippen molar-refractivity contribution in [3.8, 4) is 0 Å². The first-order valence-corrected chi connectivity index (χ1v) is 7.29. The van der Waals surface area contributed by atoms with E-state index in [-0.39, 0.29) is 29.8 Å². The van der Waals surface area contributed by atoms with Gasteiger partial charge in [-0.2, -0.15) is 0 Å². The van der Waals surface area contributed by atoms with Crippen molar-refractivity contribution in [2.75, 3.05) is 17.2 Å². The van der Waals surface area contributed by atoms with Gasteiger partial charge in [0.15, 0.2) is 0 Å². The van der Waals surface area contributed by atoms with E-state index >= 15 is 0 Å². The zero-order chi connectivity index (χ0) is 15.5. The lowest BCUT2D eigenvalue weighted by Gasteiger charge is -2.20. The molecule has 1 aromatic carbocycles. The van der Waals surface area contributed by atoms with E-state index in [9.17, 15) is 9.59 Å². The molecule has 1 aromatic rings. The van der Waals surface area contributed by atoms with Crippen LogP contribution in [0.5, 0.6) is 0 Å². The van der Waals surface area contributed by atoms with E-state index in [1.54, 1.807) is 24.3 Å². The summed E-state index contributed by atoms with van der Waals surface area (Å²) in [6.45, 7) is 6.30. The van der Waals surface area contributed by atoms with Gasteiger partial charge in [-0.15, -0.1) is 0 Å². The molecule has 0 atom stereocenters. The molecule has 2 rings (SSSR count). The summed E-state index contributed by atoms with van der Waals surface area (Å²) in [7, 11) is 0. The second-order valence-electron chi connectivity index (χ2n) is 6.49. The molecule has 5 nitrogen and oxygen atoms in total. The summed E-state index contributed by atoms with van der Waals surface area (Å²) in [5, 5.41) is 8.81. The van der Waals surface area contributed by atoms with E-state index in [4.69, 9.17) is 0 Å². The number of carbonyl (C=O) groups is 2. The smallest absolute Gasteiger partial charge is 0.238 e. The average Bonchev–Trinajstić information content (AvgIpc) is 3.22. The van der Waals surface area contributed by atoms with Gasteiger partial charge in [0, 0.05) is 22.8 Å². The fourth-order valence-corrected chi connectivity index (χ4v) is 1.78. The second-order valence-corrected chi connectivity index (χ2v) is 6.49. The molecule has 0 aliphatic heterocycles. The maximum Gasteiger partial charge on any atom is 0.238 e. The molecule has 1 saturated carbocycles. The SMILES string of the molecule is CC(C)(C)NCC(=O)Nc1ccc(NC(=O)C2CC2)cc1. The third kappa shape index (κ3) is 5.55. The maximum atomic E-state index is 11.8. The summed E-state index contributed by atoms with van der Waals surface area (Å²) in [5.74, 6) is 0.189. The summed E-state index contributed by atoms with van der Waals surface area (Å²) in [6, 6.07) is 7.18. The molecule has 114 valence electrons. The van der Waals surface area contributed by atoms with Crippen LogP contribution in [0.25, 0.3) is 0 Å². The first-order valence-electron chi connectivity index (χ1n) is 7.29. The molecule has 1 aliphatic carbocycles. The van der Waals surface area contributed by atoms with Crippen LogP contribution < -0.4 is 16.0 Å². The Hall–Kier alpha value is -1.88. The topological polar surface area (TPSA) is 70.2 Å². The molecule has 21 heavy (non-hydrogen) atoms. The van der Waals surface area contributed by atoms with Crippen LogP contribution in [-0.2, 0) is 9.59 Å². The standard InChI is InChI=1S/C16H23N3O2/c1-16(2,3)17-10-14(20)18-12-6-8-13(9-7-12)19-15(21)11-4-5-11/h6-9,11,17H,4-5,10H2,1-3H3,(H,18,20)(H,19,21). The number of carbonyl (C=O) groups excluding carboxylic acids is 2. The Morgan fingerprint density at radius 1 is 1.05 bits per heavy atom. The van der Waals surface area contributed by atoms with Gasteiger partial charge in [0.1, 0.15) is 0 Å². The van der Waals surface area contributed by atoms with Crippen molar-refractivity contribution < 1.29 is 9.59 Å². The predicted molar refractivity (Wildman–Crippen MR) is 84.2 cm³/mol. The number of nitrogens with one attached hydrogen (secondary N) is 3. The third-order valence-corrected chi connectivity index (χ3v) is 3.16. The number of rotatable bonds is 5. The van der Waals surface area contributed by atoms with Crippen molar-refractivity contribution in [1.82, 2.24) is 5.32 Å². The maximum absolute atomic E-state index is 11.8. The Morgan fingerprint density at radius 3 is 2.05 bits per heavy atom. The fraction of sp³-hybridized carbons (Fsp3) is 0.500. The molecule has 2 amide bonds. The van der Waals surface area contributed by atoms with Gasteiger partial charge in [0.25, 0.3) is 0 Å². The van der Waals surface area contributed by atoms with Gasteiger partial charge in [-0.05, 0) is 57.9 Å². The largest absolute Gasteiger partial charge is 0.326 e. The molecule has 0 saturated heterocycles. The van der Waals surface area contributed by atoms with Crippen LogP contribution in [0.4, 0.5) is 11.4 Å². The normalized spacial score (nSPS) is 14.6. The molecular weight excluding hydrogens is 266 g/mol. The van der Waals surface area contributed by atoms with Crippen molar-refractivity contribution in [3.63, 3.8) is 0 Å².